The second-order valence-corrected chi connectivity index (χ2v) is 13.5. The van der Waals surface area contributed by atoms with E-state index in [1.165, 1.54) is 28.0 Å². The maximum atomic E-state index is 13.8. The van der Waals surface area contributed by atoms with Gasteiger partial charge < -0.3 is 24.1 Å². The quantitative estimate of drug-likeness (QED) is 0.0551. The van der Waals surface area contributed by atoms with Crippen molar-refractivity contribution in [2.45, 2.75) is 43.3 Å². The highest BCUT2D eigenvalue weighted by Gasteiger charge is 2.48. The number of rotatable bonds is 12. The molecule has 2 aliphatic heterocycles. The van der Waals surface area contributed by atoms with Crippen LogP contribution in [-0.2, 0) is 15.3 Å². The van der Waals surface area contributed by atoms with Crippen LogP contribution < -0.4 is 23.8 Å². The van der Waals surface area contributed by atoms with E-state index < -0.39 is 17.7 Å². The van der Waals surface area contributed by atoms with Crippen LogP contribution >= 0.6 is 23.1 Å². The Bertz CT molecular complexity index is 1790. The molecule has 0 spiro atoms. The molecule has 0 bridgehead atoms. The van der Waals surface area contributed by atoms with Gasteiger partial charge in [-0.1, -0.05) is 73.3 Å². The lowest BCUT2D eigenvalue weighted by molar-refractivity contribution is -0.132. The van der Waals surface area contributed by atoms with E-state index in [1.807, 2.05) is 37.3 Å². The zero-order valence-electron chi connectivity index (χ0n) is 26.3. The van der Waals surface area contributed by atoms with Gasteiger partial charge in [-0.25, -0.2) is 0 Å². The van der Waals surface area contributed by atoms with Crippen molar-refractivity contribution in [2.75, 3.05) is 31.3 Å². The van der Waals surface area contributed by atoms with Gasteiger partial charge in [-0.2, -0.15) is 0 Å². The number of ketones is 1. The lowest BCUT2D eigenvalue weighted by atomic mass is 9.95. The average molecular weight is 674 g/mol. The van der Waals surface area contributed by atoms with Crippen LogP contribution in [0.15, 0.2) is 76.6 Å². The molecule has 1 amide bonds. The first-order chi connectivity index (χ1) is 22.8. The Balaban J connectivity index is 1.41. The first kappa shape index (κ1) is 32.4. The van der Waals surface area contributed by atoms with Crippen LogP contribution in [0.5, 0.6) is 23.0 Å². The van der Waals surface area contributed by atoms with Crippen LogP contribution in [0.1, 0.15) is 49.9 Å². The number of aliphatic hydroxyl groups is 1. The summed E-state index contributed by atoms with van der Waals surface area (Å²) in [6.45, 7) is 7.77. The number of hydrogen-bond donors (Lipinski definition) is 1. The number of amides is 1. The van der Waals surface area contributed by atoms with Crippen LogP contribution in [0, 0.1) is 5.92 Å². The van der Waals surface area contributed by atoms with Crippen molar-refractivity contribution < 1.29 is 33.6 Å². The topological polar surface area (TPSA) is 120 Å². The predicted molar refractivity (Wildman–Crippen MR) is 181 cm³/mol. The van der Waals surface area contributed by atoms with E-state index in [9.17, 15) is 14.7 Å². The van der Waals surface area contributed by atoms with E-state index in [1.54, 1.807) is 36.4 Å². The molecule has 10 nitrogen and oxygen atoms in total. The Labute approximate surface area is 281 Å². The minimum atomic E-state index is -1.02. The van der Waals surface area contributed by atoms with Crippen molar-refractivity contribution in [3.63, 3.8) is 0 Å². The monoisotopic (exact) mass is 673 g/mol. The Morgan fingerprint density at radius 3 is 2.55 bits per heavy atom. The number of anilines is 1. The van der Waals surface area contributed by atoms with Crippen molar-refractivity contribution in [1.82, 2.24) is 10.2 Å². The molecule has 0 saturated carbocycles. The molecule has 0 aliphatic carbocycles. The van der Waals surface area contributed by atoms with Gasteiger partial charge in [0.1, 0.15) is 19.0 Å². The summed E-state index contributed by atoms with van der Waals surface area (Å²) >= 11 is 2.70. The van der Waals surface area contributed by atoms with E-state index in [0.717, 1.165) is 12.0 Å². The standard InChI is InChI=1S/C35H35N3O7S2/c1-4-42-27-18-23(10-12-25(27)43-15-14-21(2)3)30-29(31(39)24-11-13-26-28(19-24)45-17-16-44-26)32(40)33(41)38(30)34-36-37-35(47-34)46-20-22-8-6-5-7-9-22/h5-13,18-19,21,30,39H,4,14-17,20H2,1-3H3/b31-29+/t30-/m1/s1. The molecule has 3 aromatic carbocycles. The van der Waals surface area contributed by atoms with Crippen LogP contribution in [0.3, 0.4) is 0 Å². The fourth-order valence-electron chi connectivity index (χ4n) is 5.26. The number of thioether (sulfide) groups is 1. The number of hydrogen-bond acceptors (Lipinski definition) is 11. The second-order valence-electron chi connectivity index (χ2n) is 11.3. The molecule has 0 radical (unpaired) electrons. The molecule has 2 aliphatic rings. The summed E-state index contributed by atoms with van der Waals surface area (Å²) < 4.78 is 24.0. The molecule has 1 aromatic heterocycles. The van der Waals surface area contributed by atoms with E-state index in [2.05, 4.69) is 24.0 Å². The van der Waals surface area contributed by atoms with Gasteiger partial charge >= 0.3 is 5.91 Å². The molecule has 6 rings (SSSR count). The first-order valence-electron chi connectivity index (χ1n) is 15.4. The molecule has 0 unspecified atom stereocenters. The van der Waals surface area contributed by atoms with E-state index >= 15 is 0 Å². The highest BCUT2D eigenvalue weighted by molar-refractivity contribution is 8.00. The molecule has 1 saturated heterocycles. The smallest absolute Gasteiger partial charge is 0.301 e. The van der Waals surface area contributed by atoms with Gasteiger partial charge in [0.15, 0.2) is 27.3 Å². The first-order valence-corrected chi connectivity index (χ1v) is 17.2. The molecule has 1 atom stereocenters. The zero-order chi connectivity index (χ0) is 32.9. The van der Waals surface area contributed by atoms with Crippen molar-refractivity contribution in [3.8, 4) is 23.0 Å². The normalized spacial score (nSPS) is 16.9. The van der Waals surface area contributed by atoms with Crippen molar-refractivity contribution in [1.29, 1.82) is 0 Å². The van der Waals surface area contributed by atoms with Gasteiger partial charge in [-0.05, 0) is 60.7 Å². The third-order valence-electron chi connectivity index (χ3n) is 7.60. The molecule has 1 N–H and O–H groups in total. The van der Waals surface area contributed by atoms with Crippen molar-refractivity contribution in [3.05, 3.63) is 89.0 Å². The average Bonchev–Trinajstić information content (AvgIpc) is 3.65. The Morgan fingerprint density at radius 2 is 1.79 bits per heavy atom. The lowest BCUT2D eigenvalue weighted by Gasteiger charge is -2.24. The fraction of sp³-hybridized carbons (Fsp3) is 0.314. The Hall–Kier alpha value is -4.55. The minimum Gasteiger partial charge on any atom is -0.507 e. The van der Waals surface area contributed by atoms with Gasteiger partial charge in [0, 0.05) is 11.3 Å². The molecule has 4 aromatic rings. The third kappa shape index (κ3) is 7.08. The predicted octanol–water partition coefficient (Wildman–Crippen LogP) is 7.05. The van der Waals surface area contributed by atoms with E-state index in [0.29, 0.717) is 76.6 Å². The number of carbonyl (C=O) groups excluding carboxylic acids is 2. The molecule has 1 fully saturated rings. The number of carbonyl (C=O) groups is 2. The Kier molecular flexibility index (Phi) is 9.98. The van der Waals surface area contributed by atoms with Crippen LogP contribution in [0.25, 0.3) is 5.76 Å². The number of aromatic nitrogens is 2. The van der Waals surface area contributed by atoms with Gasteiger partial charge in [0.05, 0.1) is 24.8 Å². The van der Waals surface area contributed by atoms with Crippen LogP contribution in [0.4, 0.5) is 5.13 Å². The summed E-state index contributed by atoms with van der Waals surface area (Å²) in [5.41, 5.74) is 1.88. The van der Waals surface area contributed by atoms with E-state index in [-0.39, 0.29) is 16.5 Å². The fourth-order valence-corrected chi connectivity index (χ4v) is 7.08. The van der Waals surface area contributed by atoms with Crippen molar-refractivity contribution in [2.24, 2.45) is 5.92 Å². The number of aliphatic hydroxyl groups excluding tert-OH is 1. The number of fused-ring (bicyclic) bond motifs is 1. The SMILES string of the molecule is CCOc1cc([C@@H]2/C(=C(\O)c3ccc4c(c3)OCCO4)C(=O)C(=O)N2c2nnc(SCc3ccccc3)s2)ccc1OCCC(C)C. The van der Waals surface area contributed by atoms with Crippen LogP contribution in [-0.4, -0.2) is 53.4 Å². The number of benzene rings is 3. The Morgan fingerprint density at radius 1 is 1.00 bits per heavy atom. The molecule has 12 heteroatoms. The summed E-state index contributed by atoms with van der Waals surface area (Å²) in [7, 11) is 0. The summed E-state index contributed by atoms with van der Waals surface area (Å²) in [6, 6.07) is 19.1. The summed E-state index contributed by atoms with van der Waals surface area (Å²) in [5.74, 6) is 1.12. The summed E-state index contributed by atoms with van der Waals surface area (Å²) in [6.07, 6.45) is 0.866. The van der Waals surface area contributed by atoms with Gasteiger partial charge in [0.2, 0.25) is 5.13 Å². The number of ether oxygens (including phenoxy) is 4. The highest BCUT2D eigenvalue weighted by Crippen LogP contribution is 2.46. The third-order valence-corrected chi connectivity index (χ3v) is 9.73. The summed E-state index contributed by atoms with van der Waals surface area (Å²) in [4.78, 5) is 28.9. The summed E-state index contributed by atoms with van der Waals surface area (Å²) in [5, 5.41) is 20.6. The second kappa shape index (κ2) is 14.5. The molecule has 47 heavy (non-hydrogen) atoms. The number of Topliss-reactive ketones (excluding diaryl/α,β-unsaturated/α-hetero) is 1. The molecular formula is C35H35N3O7S2. The molecule has 244 valence electrons. The van der Waals surface area contributed by atoms with Crippen molar-refractivity contribution >= 4 is 45.7 Å². The molecular weight excluding hydrogens is 639 g/mol. The maximum Gasteiger partial charge on any atom is 0.301 e. The lowest BCUT2D eigenvalue weighted by Crippen LogP contribution is -2.29. The minimum absolute atomic E-state index is 0.0868. The zero-order valence-corrected chi connectivity index (χ0v) is 27.9. The van der Waals surface area contributed by atoms with Crippen LogP contribution in [0.2, 0.25) is 0 Å². The van der Waals surface area contributed by atoms with Gasteiger partial charge in [-0.3, -0.25) is 14.5 Å². The largest absolute Gasteiger partial charge is 0.507 e. The highest BCUT2D eigenvalue weighted by atomic mass is 32.2. The van der Waals surface area contributed by atoms with E-state index in [4.69, 9.17) is 18.9 Å². The van der Waals surface area contributed by atoms with Gasteiger partial charge in [-0.15, -0.1) is 10.2 Å². The van der Waals surface area contributed by atoms with Gasteiger partial charge in [0.25, 0.3) is 5.78 Å². The maximum absolute atomic E-state index is 13.8. The molecule has 3 heterocycles. The number of nitrogens with zero attached hydrogens (tertiary/aromatic N) is 3.